The molecule has 1 amide bonds. The van der Waals surface area contributed by atoms with Crippen molar-refractivity contribution in [3.05, 3.63) is 11.1 Å². The number of nitrogens with one attached hydrogen (secondary N) is 2. The van der Waals surface area contributed by atoms with Gasteiger partial charge in [0.1, 0.15) is 0 Å². The molecule has 1 unspecified atom stereocenters. The number of aliphatic hydroxyl groups excluding tert-OH is 1. The highest BCUT2D eigenvalue weighted by atomic mass is 32.2. The Hall–Kier alpha value is -1.19. The summed E-state index contributed by atoms with van der Waals surface area (Å²) in [5.74, 6) is -0.264. The van der Waals surface area contributed by atoms with Crippen molar-refractivity contribution in [2.45, 2.75) is 32.2 Å². The van der Waals surface area contributed by atoms with E-state index < -0.39 is 15.6 Å². The maximum absolute atomic E-state index is 11.8. The molecule has 0 saturated heterocycles. The van der Waals surface area contributed by atoms with Crippen molar-refractivity contribution >= 4 is 32.4 Å². The maximum Gasteiger partial charge on any atom is 0.231 e. The molecule has 0 radical (unpaired) electrons. The predicted octanol–water partition coefficient (Wildman–Crippen LogP) is 0.334. The van der Waals surface area contributed by atoms with Gasteiger partial charge in [0.05, 0.1) is 30.5 Å². The molecule has 0 fully saturated rings. The third-order valence-corrected chi connectivity index (χ3v) is 4.24. The number of sulfonamides is 1. The highest BCUT2D eigenvalue weighted by Gasteiger charge is 2.23. The van der Waals surface area contributed by atoms with Crippen molar-refractivity contribution in [3.8, 4) is 0 Å². The molecule has 9 heteroatoms. The number of aromatic nitrogens is 1. The van der Waals surface area contributed by atoms with E-state index in [0.29, 0.717) is 12.1 Å². The fraction of sp³-hybridized carbons (Fsp3) is 0.636. The average Bonchev–Trinajstić information content (AvgIpc) is 2.73. The molecule has 0 aliphatic heterocycles. The second-order valence-corrected chi connectivity index (χ2v) is 7.42. The molecule has 0 bridgehead atoms. The molecule has 3 N–H and O–H groups in total. The van der Waals surface area contributed by atoms with E-state index in [1.54, 1.807) is 12.3 Å². The molecule has 0 aliphatic carbocycles. The van der Waals surface area contributed by atoms with Gasteiger partial charge in [-0.3, -0.25) is 9.52 Å². The van der Waals surface area contributed by atoms with Gasteiger partial charge in [-0.05, 0) is 13.3 Å². The topological polar surface area (TPSA) is 108 Å². The van der Waals surface area contributed by atoms with E-state index >= 15 is 0 Å². The lowest BCUT2D eigenvalue weighted by Gasteiger charge is -2.26. The lowest BCUT2D eigenvalue weighted by molar-refractivity contribution is -0.122. The zero-order chi connectivity index (χ0) is 15.4. The minimum Gasteiger partial charge on any atom is -0.394 e. The number of rotatable bonds is 7. The molecule has 1 heterocycles. The molecule has 0 spiro atoms. The summed E-state index contributed by atoms with van der Waals surface area (Å²) in [7, 11) is -3.36. The molecule has 20 heavy (non-hydrogen) atoms. The first kappa shape index (κ1) is 16.9. The van der Waals surface area contributed by atoms with E-state index in [1.165, 1.54) is 0 Å². The number of hydrogen-bond acceptors (Lipinski definition) is 6. The van der Waals surface area contributed by atoms with Gasteiger partial charge in [0.15, 0.2) is 5.13 Å². The zero-order valence-corrected chi connectivity index (χ0v) is 13.3. The van der Waals surface area contributed by atoms with Crippen LogP contribution >= 0.6 is 11.3 Å². The molecule has 1 atom stereocenters. The van der Waals surface area contributed by atoms with Crippen LogP contribution in [-0.2, 0) is 21.2 Å². The smallest absolute Gasteiger partial charge is 0.231 e. The minimum absolute atomic E-state index is 0.0392. The molecule has 1 aromatic heterocycles. The van der Waals surface area contributed by atoms with Crippen LogP contribution in [0.5, 0.6) is 0 Å². The Bertz CT molecular complexity index is 564. The second kappa shape index (κ2) is 6.51. The Balaban J connectivity index is 2.63. The first-order chi connectivity index (χ1) is 9.17. The lowest BCUT2D eigenvalue weighted by Crippen LogP contribution is -2.48. The summed E-state index contributed by atoms with van der Waals surface area (Å²) in [6.45, 7) is 3.48. The summed E-state index contributed by atoms with van der Waals surface area (Å²) in [6.07, 6.45) is 1.68. The van der Waals surface area contributed by atoms with E-state index in [0.717, 1.165) is 17.6 Å². The Kier molecular flexibility index (Phi) is 5.49. The van der Waals surface area contributed by atoms with Crippen molar-refractivity contribution < 1.29 is 18.3 Å². The van der Waals surface area contributed by atoms with Crippen molar-refractivity contribution in [2.75, 3.05) is 17.6 Å². The summed E-state index contributed by atoms with van der Waals surface area (Å²) in [4.78, 5) is 15.9. The molecular formula is C11H19N3O4S2. The molecule has 0 saturated carbocycles. The fourth-order valence-corrected chi connectivity index (χ4v) is 2.94. The van der Waals surface area contributed by atoms with E-state index in [4.69, 9.17) is 0 Å². The SMILES string of the molecule is CCC(C)(CO)NC(=O)Cc1csc(NS(C)(=O)=O)n1. The molecule has 7 nitrogen and oxygen atoms in total. The predicted molar refractivity (Wildman–Crippen MR) is 78.2 cm³/mol. The number of carbonyl (C=O) groups is 1. The first-order valence-electron chi connectivity index (χ1n) is 6.01. The van der Waals surface area contributed by atoms with Crippen molar-refractivity contribution in [1.29, 1.82) is 0 Å². The monoisotopic (exact) mass is 321 g/mol. The highest BCUT2D eigenvalue weighted by molar-refractivity contribution is 7.92. The average molecular weight is 321 g/mol. The molecule has 0 aromatic carbocycles. The van der Waals surface area contributed by atoms with E-state index in [1.807, 2.05) is 6.92 Å². The first-order valence-corrected chi connectivity index (χ1v) is 8.78. The largest absolute Gasteiger partial charge is 0.394 e. The Morgan fingerprint density at radius 1 is 1.55 bits per heavy atom. The van der Waals surface area contributed by atoms with Crippen LogP contribution in [0, 0.1) is 0 Å². The number of amides is 1. The Morgan fingerprint density at radius 3 is 2.70 bits per heavy atom. The third kappa shape index (κ3) is 5.43. The van der Waals surface area contributed by atoms with Crippen LogP contribution in [0.4, 0.5) is 5.13 Å². The van der Waals surface area contributed by atoms with Gasteiger partial charge in [0.25, 0.3) is 0 Å². The molecule has 0 aliphatic rings. The number of hydrogen-bond donors (Lipinski definition) is 3. The van der Waals surface area contributed by atoms with Crippen LogP contribution in [0.1, 0.15) is 26.0 Å². The fourth-order valence-electron chi connectivity index (χ4n) is 1.38. The van der Waals surface area contributed by atoms with Crippen LogP contribution in [0.3, 0.4) is 0 Å². The maximum atomic E-state index is 11.8. The summed E-state index contributed by atoms with van der Waals surface area (Å²) in [5.41, 5.74) is -0.170. The van der Waals surface area contributed by atoms with Gasteiger partial charge in [0, 0.05) is 5.38 Å². The van der Waals surface area contributed by atoms with Crippen LogP contribution in [0.2, 0.25) is 0 Å². The van der Waals surface area contributed by atoms with E-state index in [9.17, 15) is 18.3 Å². The summed E-state index contributed by atoms with van der Waals surface area (Å²) >= 11 is 1.12. The number of thiazole rings is 1. The minimum atomic E-state index is -3.36. The van der Waals surface area contributed by atoms with Gasteiger partial charge in [-0.1, -0.05) is 6.92 Å². The quantitative estimate of drug-likeness (QED) is 0.671. The van der Waals surface area contributed by atoms with Crippen LogP contribution < -0.4 is 10.0 Å². The van der Waals surface area contributed by atoms with Crippen LogP contribution in [-0.4, -0.2) is 42.8 Å². The number of carbonyl (C=O) groups excluding carboxylic acids is 1. The summed E-state index contributed by atoms with van der Waals surface area (Å²) in [6, 6.07) is 0. The van der Waals surface area contributed by atoms with Crippen LogP contribution in [0.15, 0.2) is 5.38 Å². The summed E-state index contributed by atoms with van der Waals surface area (Å²) in [5, 5.41) is 13.8. The molecule has 114 valence electrons. The second-order valence-electron chi connectivity index (χ2n) is 4.82. The van der Waals surface area contributed by atoms with Crippen molar-refractivity contribution in [3.63, 3.8) is 0 Å². The van der Waals surface area contributed by atoms with Gasteiger partial charge >= 0.3 is 0 Å². The number of anilines is 1. The van der Waals surface area contributed by atoms with Crippen LogP contribution in [0.25, 0.3) is 0 Å². The Labute approximate surface area is 122 Å². The van der Waals surface area contributed by atoms with Crippen molar-refractivity contribution in [2.24, 2.45) is 0 Å². The van der Waals surface area contributed by atoms with Crippen molar-refractivity contribution in [1.82, 2.24) is 10.3 Å². The van der Waals surface area contributed by atoms with Gasteiger partial charge in [-0.15, -0.1) is 11.3 Å². The van der Waals surface area contributed by atoms with E-state index in [-0.39, 0.29) is 24.1 Å². The lowest BCUT2D eigenvalue weighted by atomic mass is 10.00. The van der Waals surface area contributed by atoms with E-state index in [2.05, 4.69) is 15.0 Å². The Morgan fingerprint density at radius 2 is 2.20 bits per heavy atom. The van der Waals surface area contributed by atoms with Gasteiger partial charge in [0.2, 0.25) is 15.9 Å². The molecule has 1 aromatic rings. The summed E-state index contributed by atoms with van der Waals surface area (Å²) < 4.78 is 24.3. The van der Waals surface area contributed by atoms with Gasteiger partial charge < -0.3 is 10.4 Å². The van der Waals surface area contributed by atoms with Gasteiger partial charge in [-0.2, -0.15) is 0 Å². The third-order valence-electron chi connectivity index (χ3n) is 2.74. The number of nitrogens with zero attached hydrogens (tertiary/aromatic N) is 1. The zero-order valence-electron chi connectivity index (χ0n) is 11.6. The molecule has 1 rings (SSSR count). The molecular weight excluding hydrogens is 302 g/mol. The normalized spacial score (nSPS) is 14.6. The van der Waals surface area contributed by atoms with Gasteiger partial charge in [-0.25, -0.2) is 13.4 Å². The highest BCUT2D eigenvalue weighted by Crippen LogP contribution is 2.17. The number of aliphatic hydroxyl groups is 1. The standard InChI is InChI=1S/C11H19N3O4S2/c1-4-11(2,7-15)13-9(16)5-8-6-19-10(12-8)14-20(3,17)18/h6,15H,4-5,7H2,1-3H3,(H,12,14)(H,13,16).